The van der Waals surface area contributed by atoms with Crippen LogP contribution in [0, 0.1) is 23.0 Å². The molecule has 1 aromatic heterocycles. The van der Waals surface area contributed by atoms with Gasteiger partial charge in [0.1, 0.15) is 5.69 Å². The SMILES string of the molecule is N#Cc1cc(F)c(-n2cc(Cl)cn2)c(F)c1. The fourth-order valence-corrected chi connectivity index (χ4v) is 1.41. The van der Waals surface area contributed by atoms with Crippen molar-refractivity contribution in [2.75, 3.05) is 0 Å². The molecule has 0 unspecified atom stereocenters. The molecule has 0 aliphatic carbocycles. The lowest BCUT2D eigenvalue weighted by molar-refractivity contribution is 0.559. The Kier molecular flexibility index (Phi) is 2.59. The van der Waals surface area contributed by atoms with E-state index in [-0.39, 0.29) is 16.3 Å². The summed E-state index contributed by atoms with van der Waals surface area (Å²) in [6.45, 7) is 0. The highest BCUT2D eigenvalue weighted by atomic mass is 35.5. The minimum Gasteiger partial charge on any atom is -0.233 e. The van der Waals surface area contributed by atoms with Crippen LogP contribution in [-0.4, -0.2) is 9.78 Å². The lowest BCUT2D eigenvalue weighted by Gasteiger charge is -2.04. The van der Waals surface area contributed by atoms with Gasteiger partial charge in [-0.3, -0.25) is 0 Å². The maximum Gasteiger partial charge on any atom is 0.153 e. The third kappa shape index (κ3) is 1.75. The summed E-state index contributed by atoms with van der Waals surface area (Å²) in [6, 6.07) is 3.53. The Hall–Kier alpha value is -1.93. The van der Waals surface area contributed by atoms with Gasteiger partial charge in [0.2, 0.25) is 0 Å². The molecule has 16 heavy (non-hydrogen) atoms. The predicted octanol–water partition coefficient (Wildman–Crippen LogP) is 2.68. The predicted molar refractivity (Wildman–Crippen MR) is 53.2 cm³/mol. The van der Waals surface area contributed by atoms with Gasteiger partial charge in [-0.05, 0) is 12.1 Å². The molecule has 0 spiro atoms. The van der Waals surface area contributed by atoms with Crippen LogP contribution in [0.15, 0.2) is 24.5 Å². The molecule has 0 aliphatic rings. The number of nitriles is 1. The highest BCUT2D eigenvalue weighted by Gasteiger charge is 2.14. The summed E-state index contributed by atoms with van der Waals surface area (Å²) in [5.41, 5.74) is -0.442. The molecule has 3 nitrogen and oxygen atoms in total. The van der Waals surface area contributed by atoms with Gasteiger partial charge in [0.25, 0.3) is 0 Å². The van der Waals surface area contributed by atoms with E-state index in [0.717, 1.165) is 16.8 Å². The molecule has 80 valence electrons. The van der Waals surface area contributed by atoms with E-state index in [1.165, 1.54) is 12.4 Å². The van der Waals surface area contributed by atoms with E-state index < -0.39 is 11.6 Å². The third-order valence-corrected chi connectivity index (χ3v) is 2.12. The Morgan fingerprint density at radius 2 is 1.94 bits per heavy atom. The zero-order chi connectivity index (χ0) is 11.7. The molecular formula is C10H4ClF2N3. The van der Waals surface area contributed by atoms with Crippen LogP contribution in [0.1, 0.15) is 5.56 Å². The molecule has 0 N–H and O–H groups in total. The molecular weight excluding hydrogens is 236 g/mol. The Bertz CT molecular complexity index is 563. The number of nitrogens with zero attached hydrogens (tertiary/aromatic N) is 3. The van der Waals surface area contributed by atoms with Gasteiger partial charge < -0.3 is 0 Å². The molecule has 0 aliphatic heterocycles. The van der Waals surface area contributed by atoms with Crippen LogP contribution in [-0.2, 0) is 0 Å². The molecule has 0 fully saturated rings. The standard InChI is InChI=1S/C10H4ClF2N3/c11-7-4-15-16(5-7)10-8(12)1-6(3-14)2-9(10)13/h1-2,4-5H. The van der Waals surface area contributed by atoms with Crippen LogP contribution in [0.4, 0.5) is 8.78 Å². The van der Waals surface area contributed by atoms with Crippen molar-refractivity contribution in [2.45, 2.75) is 0 Å². The van der Waals surface area contributed by atoms with Crippen molar-refractivity contribution in [2.24, 2.45) is 0 Å². The summed E-state index contributed by atoms with van der Waals surface area (Å²) >= 11 is 5.59. The van der Waals surface area contributed by atoms with Crippen molar-refractivity contribution in [1.82, 2.24) is 9.78 Å². The number of hydrogen-bond acceptors (Lipinski definition) is 2. The first kappa shape index (κ1) is 10.6. The fourth-order valence-electron chi connectivity index (χ4n) is 1.27. The average Bonchev–Trinajstić information content (AvgIpc) is 2.63. The molecule has 0 radical (unpaired) electrons. The minimum atomic E-state index is -0.865. The van der Waals surface area contributed by atoms with E-state index in [2.05, 4.69) is 5.10 Å². The van der Waals surface area contributed by atoms with E-state index in [1.807, 2.05) is 0 Å². The number of halogens is 3. The first-order chi connectivity index (χ1) is 7.61. The summed E-state index contributed by atoms with van der Waals surface area (Å²) < 4.78 is 28.0. The van der Waals surface area contributed by atoms with Crippen LogP contribution in [0.25, 0.3) is 5.69 Å². The molecule has 0 saturated carbocycles. The number of benzene rings is 1. The first-order valence-electron chi connectivity index (χ1n) is 4.21. The maximum absolute atomic E-state index is 13.5. The molecule has 0 bridgehead atoms. The van der Waals surface area contributed by atoms with Crippen LogP contribution >= 0.6 is 11.6 Å². The summed E-state index contributed by atoms with van der Waals surface area (Å²) in [7, 11) is 0. The first-order valence-corrected chi connectivity index (χ1v) is 4.59. The zero-order valence-corrected chi connectivity index (χ0v) is 8.54. The van der Waals surface area contributed by atoms with E-state index in [0.29, 0.717) is 0 Å². The van der Waals surface area contributed by atoms with Crippen molar-refractivity contribution in [1.29, 1.82) is 5.26 Å². The van der Waals surface area contributed by atoms with Gasteiger partial charge in [-0.1, -0.05) is 11.6 Å². The lowest BCUT2D eigenvalue weighted by Crippen LogP contribution is -2.02. The molecule has 0 saturated heterocycles. The van der Waals surface area contributed by atoms with Crippen molar-refractivity contribution in [3.05, 3.63) is 46.7 Å². The minimum absolute atomic E-state index is 0.0861. The van der Waals surface area contributed by atoms with Gasteiger partial charge >= 0.3 is 0 Å². The van der Waals surface area contributed by atoms with Crippen LogP contribution < -0.4 is 0 Å². The second-order valence-electron chi connectivity index (χ2n) is 3.00. The Morgan fingerprint density at radius 1 is 1.31 bits per heavy atom. The fraction of sp³-hybridized carbons (Fsp3) is 0. The molecule has 2 rings (SSSR count). The van der Waals surface area contributed by atoms with E-state index in [1.54, 1.807) is 6.07 Å². The largest absolute Gasteiger partial charge is 0.233 e. The number of aromatic nitrogens is 2. The third-order valence-electron chi connectivity index (χ3n) is 1.93. The average molecular weight is 240 g/mol. The molecule has 6 heteroatoms. The summed E-state index contributed by atoms with van der Waals surface area (Å²) in [6.07, 6.45) is 2.54. The normalized spacial score (nSPS) is 10.1. The zero-order valence-electron chi connectivity index (χ0n) is 7.78. The molecule has 2 aromatic rings. The monoisotopic (exact) mass is 239 g/mol. The number of hydrogen-bond donors (Lipinski definition) is 0. The van der Waals surface area contributed by atoms with Crippen LogP contribution in [0.2, 0.25) is 5.02 Å². The summed E-state index contributed by atoms with van der Waals surface area (Å²) in [4.78, 5) is 0. The van der Waals surface area contributed by atoms with Gasteiger partial charge in [-0.15, -0.1) is 0 Å². The van der Waals surface area contributed by atoms with Crippen molar-refractivity contribution in [3.63, 3.8) is 0 Å². The van der Waals surface area contributed by atoms with Gasteiger partial charge in [0.05, 0.1) is 22.9 Å². The van der Waals surface area contributed by atoms with Gasteiger partial charge in [-0.25, -0.2) is 13.5 Å². The molecule has 1 aromatic carbocycles. The summed E-state index contributed by atoms with van der Waals surface area (Å²) in [5.74, 6) is -1.73. The molecule has 1 heterocycles. The van der Waals surface area contributed by atoms with Gasteiger partial charge in [-0.2, -0.15) is 10.4 Å². The quantitative estimate of drug-likeness (QED) is 0.768. The van der Waals surface area contributed by atoms with Crippen molar-refractivity contribution < 1.29 is 8.78 Å². The number of rotatable bonds is 1. The van der Waals surface area contributed by atoms with E-state index >= 15 is 0 Å². The lowest BCUT2D eigenvalue weighted by atomic mass is 10.2. The highest BCUT2D eigenvalue weighted by molar-refractivity contribution is 6.30. The Morgan fingerprint density at radius 3 is 2.38 bits per heavy atom. The summed E-state index contributed by atoms with van der Waals surface area (Å²) in [5, 5.41) is 12.5. The molecule has 0 atom stereocenters. The highest BCUT2D eigenvalue weighted by Crippen LogP contribution is 2.20. The van der Waals surface area contributed by atoms with E-state index in [4.69, 9.17) is 16.9 Å². The Labute approximate surface area is 94.5 Å². The van der Waals surface area contributed by atoms with Crippen molar-refractivity contribution in [3.8, 4) is 11.8 Å². The van der Waals surface area contributed by atoms with Crippen LogP contribution in [0.5, 0.6) is 0 Å². The van der Waals surface area contributed by atoms with E-state index in [9.17, 15) is 8.78 Å². The van der Waals surface area contributed by atoms with Crippen molar-refractivity contribution >= 4 is 11.6 Å². The Balaban J connectivity index is 2.63. The second-order valence-corrected chi connectivity index (χ2v) is 3.44. The second kappa shape index (κ2) is 3.91. The maximum atomic E-state index is 13.5. The van der Waals surface area contributed by atoms with Gasteiger partial charge in [0, 0.05) is 6.20 Å². The van der Waals surface area contributed by atoms with Crippen LogP contribution in [0.3, 0.4) is 0 Å². The van der Waals surface area contributed by atoms with Gasteiger partial charge in [0.15, 0.2) is 11.6 Å². The topological polar surface area (TPSA) is 41.6 Å². The molecule has 0 amide bonds. The smallest absolute Gasteiger partial charge is 0.153 e.